The van der Waals surface area contributed by atoms with Gasteiger partial charge in [0.1, 0.15) is 0 Å². The smallest absolute Gasteiger partial charge is 0.326 e. The monoisotopic (exact) mass is 386 g/mol. The Balaban J connectivity index is 1.53. The van der Waals surface area contributed by atoms with Gasteiger partial charge in [0.2, 0.25) is 5.13 Å². The highest BCUT2D eigenvalue weighted by molar-refractivity contribution is 7.16. The zero-order valence-electron chi connectivity index (χ0n) is 14.4. The first-order chi connectivity index (χ1) is 13.2. The molecule has 1 aromatic carbocycles. The van der Waals surface area contributed by atoms with E-state index >= 15 is 0 Å². The number of aromatic amines is 1. The second-order valence-electron chi connectivity index (χ2n) is 6.03. The van der Waals surface area contributed by atoms with Crippen molar-refractivity contribution in [3.8, 4) is 0 Å². The summed E-state index contributed by atoms with van der Waals surface area (Å²) in [6.07, 6.45) is 3.50. The second kappa shape index (κ2) is 7.33. The second-order valence-corrected chi connectivity index (χ2v) is 7.01. The van der Waals surface area contributed by atoms with Gasteiger partial charge in [-0.1, -0.05) is 11.3 Å². The van der Waals surface area contributed by atoms with Crippen molar-refractivity contribution in [1.29, 1.82) is 0 Å². The molecular weight excluding hydrogens is 368 g/mol. The number of ether oxygens (including phenoxy) is 1. The summed E-state index contributed by atoms with van der Waals surface area (Å²) < 4.78 is 7.07. The van der Waals surface area contributed by atoms with Crippen molar-refractivity contribution in [2.24, 2.45) is 5.73 Å². The van der Waals surface area contributed by atoms with Crippen molar-refractivity contribution >= 4 is 39.2 Å². The van der Waals surface area contributed by atoms with E-state index in [4.69, 9.17) is 10.5 Å². The number of fused-ring (bicyclic) bond motifs is 1. The van der Waals surface area contributed by atoms with Crippen LogP contribution in [-0.4, -0.2) is 38.8 Å². The van der Waals surface area contributed by atoms with Gasteiger partial charge in [0, 0.05) is 18.5 Å². The zero-order valence-corrected chi connectivity index (χ0v) is 15.2. The Bertz CT molecular complexity index is 1080. The van der Waals surface area contributed by atoms with E-state index in [0.717, 1.165) is 11.9 Å². The fourth-order valence-corrected chi connectivity index (χ4v) is 3.62. The van der Waals surface area contributed by atoms with Crippen LogP contribution >= 0.6 is 11.3 Å². The van der Waals surface area contributed by atoms with Gasteiger partial charge in [-0.15, -0.1) is 10.2 Å². The lowest BCUT2D eigenvalue weighted by molar-refractivity contribution is 0.102. The number of benzene rings is 1. The molecule has 9 nitrogen and oxygen atoms in total. The van der Waals surface area contributed by atoms with Crippen LogP contribution in [0.15, 0.2) is 29.1 Å². The van der Waals surface area contributed by atoms with Crippen LogP contribution in [0.2, 0.25) is 0 Å². The topological polar surface area (TPSA) is 128 Å². The van der Waals surface area contributed by atoms with Gasteiger partial charge in [-0.25, -0.2) is 4.79 Å². The van der Waals surface area contributed by atoms with Gasteiger partial charge >= 0.3 is 5.69 Å². The Labute approximate surface area is 157 Å². The standard InChI is InChI=1S/C17H18N6O3S/c18-6-2-7-23-12-5-4-10(9-11(12)19-17(23)25)14(24)20-16-22-21-15(27-16)13-3-1-8-26-13/h3-5,9H,1-2,6-8,18H2,(H,19,25)(H,20,22,24). The van der Waals surface area contributed by atoms with Crippen LogP contribution in [-0.2, 0) is 11.3 Å². The molecule has 1 amide bonds. The maximum absolute atomic E-state index is 12.5. The Morgan fingerprint density at radius 3 is 3.07 bits per heavy atom. The number of carbonyl (C=O) groups excluding carboxylic acids is 1. The van der Waals surface area contributed by atoms with E-state index in [1.807, 2.05) is 6.08 Å². The molecule has 0 bridgehead atoms. The summed E-state index contributed by atoms with van der Waals surface area (Å²) in [7, 11) is 0. The number of imidazole rings is 1. The highest BCUT2D eigenvalue weighted by atomic mass is 32.1. The average molecular weight is 386 g/mol. The summed E-state index contributed by atoms with van der Waals surface area (Å²) in [6, 6.07) is 5.07. The van der Waals surface area contributed by atoms with Crippen molar-refractivity contribution in [3.05, 3.63) is 45.3 Å². The number of aromatic nitrogens is 4. The molecule has 10 heteroatoms. The van der Waals surface area contributed by atoms with E-state index in [1.54, 1.807) is 22.8 Å². The van der Waals surface area contributed by atoms with Crippen LogP contribution in [0.5, 0.6) is 0 Å². The van der Waals surface area contributed by atoms with Crippen molar-refractivity contribution in [1.82, 2.24) is 19.7 Å². The number of H-pyrrole nitrogens is 1. The highest BCUT2D eigenvalue weighted by Gasteiger charge is 2.16. The fraction of sp³-hybridized carbons (Fsp3) is 0.294. The lowest BCUT2D eigenvalue weighted by atomic mass is 10.2. The molecule has 3 aromatic rings. The minimum atomic E-state index is -0.323. The molecule has 0 fully saturated rings. The largest absolute Gasteiger partial charge is 0.490 e. The van der Waals surface area contributed by atoms with Gasteiger partial charge in [-0.05, 0) is 37.2 Å². The first-order valence-electron chi connectivity index (χ1n) is 8.56. The van der Waals surface area contributed by atoms with Crippen molar-refractivity contribution in [2.45, 2.75) is 19.4 Å². The van der Waals surface area contributed by atoms with Crippen LogP contribution in [0.25, 0.3) is 16.8 Å². The van der Waals surface area contributed by atoms with Gasteiger partial charge in [0.05, 0.1) is 17.6 Å². The molecule has 0 aliphatic carbocycles. The molecule has 0 atom stereocenters. The van der Waals surface area contributed by atoms with E-state index in [-0.39, 0.29) is 11.6 Å². The maximum Gasteiger partial charge on any atom is 0.326 e. The predicted octanol–water partition coefficient (Wildman–Crippen LogP) is 1.54. The number of nitrogens with two attached hydrogens (primary N) is 1. The molecule has 1 aliphatic heterocycles. The van der Waals surface area contributed by atoms with E-state index in [0.29, 0.717) is 53.1 Å². The number of hydrogen-bond acceptors (Lipinski definition) is 7. The van der Waals surface area contributed by atoms with E-state index in [1.165, 1.54) is 11.3 Å². The SMILES string of the molecule is NCCCn1c(=O)[nH]c2cc(C(=O)Nc3nnc(C4=CCCO4)s3)ccc21. The van der Waals surface area contributed by atoms with Crippen LogP contribution in [0.4, 0.5) is 5.13 Å². The minimum Gasteiger partial charge on any atom is -0.490 e. The lowest BCUT2D eigenvalue weighted by Gasteiger charge is -2.04. The average Bonchev–Trinajstić information content (AvgIpc) is 3.39. The summed E-state index contributed by atoms with van der Waals surface area (Å²) in [5.41, 5.74) is 7.07. The van der Waals surface area contributed by atoms with Gasteiger partial charge in [-0.3, -0.25) is 14.7 Å². The third-order valence-corrected chi connectivity index (χ3v) is 5.04. The quantitative estimate of drug-likeness (QED) is 0.590. The molecule has 27 heavy (non-hydrogen) atoms. The molecular formula is C17H18N6O3S. The fourth-order valence-electron chi connectivity index (χ4n) is 2.89. The number of carbonyl (C=O) groups is 1. The Morgan fingerprint density at radius 1 is 1.41 bits per heavy atom. The van der Waals surface area contributed by atoms with Gasteiger partial charge in [0.15, 0.2) is 10.8 Å². The molecule has 0 saturated heterocycles. The number of rotatable bonds is 6. The minimum absolute atomic E-state index is 0.213. The van der Waals surface area contributed by atoms with E-state index < -0.39 is 0 Å². The highest BCUT2D eigenvalue weighted by Crippen LogP contribution is 2.27. The number of hydrogen-bond donors (Lipinski definition) is 3. The molecule has 0 spiro atoms. The van der Waals surface area contributed by atoms with Crippen molar-refractivity contribution in [2.75, 3.05) is 18.5 Å². The molecule has 2 aromatic heterocycles. The predicted molar refractivity (Wildman–Crippen MR) is 103 cm³/mol. The van der Waals surface area contributed by atoms with Gasteiger partial charge < -0.3 is 15.5 Å². The Hall–Kier alpha value is -2.98. The lowest BCUT2D eigenvalue weighted by Crippen LogP contribution is -2.18. The summed E-state index contributed by atoms with van der Waals surface area (Å²) in [4.78, 5) is 27.4. The number of amides is 1. The number of aryl methyl sites for hydroxylation is 1. The normalized spacial score (nSPS) is 13.6. The molecule has 4 rings (SSSR count). The van der Waals surface area contributed by atoms with Crippen molar-refractivity contribution in [3.63, 3.8) is 0 Å². The molecule has 3 heterocycles. The van der Waals surface area contributed by atoms with Crippen molar-refractivity contribution < 1.29 is 9.53 Å². The van der Waals surface area contributed by atoms with Crippen LogP contribution in [0.1, 0.15) is 28.2 Å². The summed E-state index contributed by atoms with van der Waals surface area (Å²) in [6.45, 7) is 1.68. The summed E-state index contributed by atoms with van der Waals surface area (Å²) >= 11 is 1.25. The molecule has 0 saturated carbocycles. The third kappa shape index (κ3) is 3.49. The summed E-state index contributed by atoms with van der Waals surface area (Å²) in [5, 5.41) is 11.8. The molecule has 0 unspecified atom stereocenters. The number of nitrogens with one attached hydrogen (secondary N) is 2. The molecule has 140 valence electrons. The first kappa shape index (κ1) is 17.4. The third-order valence-electron chi connectivity index (χ3n) is 4.18. The summed E-state index contributed by atoms with van der Waals surface area (Å²) in [5.74, 6) is 0.377. The van der Waals surface area contributed by atoms with Gasteiger partial charge in [-0.2, -0.15) is 0 Å². The van der Waals surface area contributed by atoms with Crippen LogP contribution < -0.4 is 16.7 Å². The molecule has 4 N–H and O–H groups in total. The zero-order chi connectivity index (χ0) is 18.8. The number of anilines is 1. The molecule has 1 aliphatic rings. The number of nitrogens with zero attached hydrogens (tertiary/aromatic N) is 3. The first-order valence-corrected chi connectivity index (χ1v) is 9.38. The van der Waals surface area contributed by atoms with Crippen LogP contribution in [0, 0.1) is 0 Å². The van der Waals surface area contributed by atoms with E-state index in [9.17, 15) is 9.59 Å². The van der Waals surface area contributed by atoms with E-state index in [2.05, 4.69) is 20.5 Å². The Morgan fingerprint density at radius 2 is 2.30 bits per heavy atom. The molecule has 0 radical (unpaired) electrons. The van der Waals surface area contributed by atoms with Crippen LogP contribution in [0.3, 0.4) is 0 Å². The van der Waals surface area contributed by atoms with Gasteiger partial charge in [0.25, 0.3) is 5.91 Å². The maximum atomic E-state index is 12.5. The Kier molecular flexibility index (Phi) is 4.73.